The number of aliphatic hydroxyl groups excluding tert-OH is 2. The molecule has 0 fully saturated rings. The first-order valence-corrected chi connectivity index (χ1v) is 5.56. The fourth-order valence-corrected chi connectivity index (χ4v) is 1.74. The van der Waals surface area contributed by atoms with Gasteiger partial charge in [0, 0.05) is 5.56 Å². The van der Waals surface area contributed by atoms with Gasteiger partial charge in [0.25, 0.3) is 0 Å². The lowest BCUT2D eigenvalue weighted by atomic mass is 10.1. The van der Waals surface area contributed by atoms with Gasteiger partial charge in [0.1, 0.15) is 0 Å². The fourth-order valence-electron chi connectivity index (χ4n) is 1.74. The lowest BCUT2D eigenvalue weighted by Crippen LogP contribution is -2.04. The third kappa shape index (κ3) is 2.32. The van der Waals surface area contributed by atoms with Crippen LogP contribution in [0.15, 0.2) is 24.3 Å². The summed E-state index contributed by atoms with van der Waals surface area (Å²) in [4.78, 5) is 18.9. The number of aliphatic hydroxyl groups is 2. The van der Waals surface area contributed by atoms with E-state index in [1.807, 2.05) is 13.0 Å². The van der Waals surface area contributed by atoms with Crippen molar-refractivity contribution in [3.8, 4) is 0 Å². The molecule has 1 heterocycles. The number of H-pyrrole nitrogens is 1. The van der Waals surface area contributed by atoms with Gasteiger partial charge in [0.05, 0.1) is 24.6 Å². The third-order valence-electron chi connectivity index (χ3n) is 2.67. The van der Waals surface area contributed by atoms with E-state index in [2.05, 4.69) is 9.97 Å². The number of rotatable bonds is 4. The molecule has 2 aromatic rings. The molecule has 2 rings (SSSR count). The third-order valence-corrected chi connectivity index (χ3v) is 2.67. The first kappa shape index (κ1) is 12.5. The summed E-state index contributed by atoms with van der Waals surface area (Å²) in [5.41, 5.74) is 2.18. The van der Waals surface area contributed by atoms with Crippen LogP contribution in [0.2, 0.25) is 0 Å². The number of imidazole rings is 1. The van der Waals surface area contributed by atoms with Gasteiger partial charge in [-0.15, -0.1) is 0 Å². The fraction of sp³-hybridized carbons (Fsp3) is 0.231. The molecule has 3 N–H and O–H groups in total. The minimum Gasteiger partial charge on any atom is -0.390 e. The number of ketones is 1. The zero-order valence-electron chi connectivity index (χ0n) is 9.97. The molecule has 94 valence electrons. The van der Waals surface area contributed by atoms with Crippen molar-refractivity contribution in [1.82, 2.24) is 9.97 Å². The molecule has 1 aromatic carbocycles. The smallest absolute Gasteiger partial charge is 0.228 e. The Balaban J connectivity index is 2.37. The lowest BCUT2D eigenvalue weighted by Gasteiger charge is -1.98. The second-order valence-electron chi connectivity index (χ2n) is 4.03. The number of carbonyl (C=O) groups is 1. The largest absolute Gasteiger partial charge is 0.390 e. The van der Waals surface area contributed by atoms with E-state index < -0.39 is 0 Å². The summed E-state index contributed by atoms with van der Waals surface area (Å²) in [5, 5.41) is 18.1. The first-order chi connectivity index (χ1) is 8.65. The van der Waals surface area contributed by atoms with E-state index >= 15 is 0 Å². The van der Waals surface area contributed by atoms with Gasteiger partial charge < -0.3 is 15.2 Å². The summed E-state index contributed by atoms with van der Waals surface area (Å²) < 4.78 is 0. The number of hydrogen-bond donors (Lipinski definition) is 3. The highest BCUT2D eigenvalue weighted by molar-refractivity contribution is 6.06. The predicted octanol–water partition coefficient (Wildman–Crippen LogP) is 0.934. The molecule has 5 nitrogen and oxygen atoms in total. The average molecular weight is 246 g/mol. The normalized spacial score (nSPS) is 10.6. The number of aromatic nitrogens is 2. The van der Waals surface area contributed by atoms with Crippen LogP contribution in [-0.2, 0) is 13.2 Å². The first-order valence-electron chi connectivity index (χ1n) is 5.56. The standard InChI is InChI=1S/C13H14N2O3/c1-8-3-2-4-9(5-8)12(18)13-14-10(6-16)11(7-17)15-13/h2-5,16-17H,6-7H2,1H3,(H,14,15). The molecule has 1 aromatic heterocycles. The highest BCUT2D eigenvalue weighted by Gasteiger charge is 2.16. The number of aryl methyl sites for hydroxylation is 1. The highest BCUT2D eigenvalue weighted by Crippen LogP contribution is 2.12. The quantitative estimate of drug-likeness (QED) is 0.700. The summed E-state index contributed by atoms with van der Waals surface area (Å²) >= 11 is 0. The van der Waals surface area contributed by atoms with E-state index in [0.29, 0.717) is 17.0 Å². The zero-order valence-corrected chi connectivity index (χ0v) is 9.97. The minimum atomic E-state index is -0.312. The Labute approximate surface area is 104 Å². The van der Waals surface area contributed by atoms with Gasteiger partial charge in [-0.3, -0.25) is 4.79 Å². The van der Waals surface area contributed by atoms with E-state index in [1.54, 1.807) is 18.2 Å². The Morgan fingerprint density at radius 3 is 2.67 bits per heavy atom. The summed E-state index contributed by atoms with van der Waals surface area (Å²) in [6, 6.07) is 7.17. The number of benzene rings is 1. The second kappa shape index (κ2) is 5.12. The van der Waals surface area contributed by atoms with Crippen molar-refractivity contribution in [1.29, 1.82) is 0 Å². The molecule has 0 amide bonds. The van der Waals surface area contributed by atoms with Gasteiger partial charge in [-0.2, -0.15) is 0 Å². The van der Waals surface area contributed by atoms with E-state index in [1.165, 1.54) is 0 Å². The molecule has 0 aliphatic rings. The van der Waals surface area contributed by atoms with Gasteiger partial charge >= 0.3 is 0 Å². The summed E-state index contributed by atoms with van der Waals surface area (Å²) in [6.45, 7) is 1.30. The van der Waals surface area contributed by atoms with E-state index in [9.17, 15) is 4.79 Å². The van der Waals surface area contributed by atoms with Crippen molar-refractivity contribution >= 4 is 5.78 Å². The number of aromatic amines is 1. The lowest BCUT2D eigenvalue weighted by molar-refractivity contribution is 0.102. The van der Waals surface area contributed by atoms with Crippen LogP contribution in [0.5, 0.6) is 0 Å². The summed E-state index contributed by atoms with van der Waals surface area (Å²) in [6.07, 6.45) is 0. The van der Waals surface area contributed by atoms with Crippen LogP contribution in [0.4, 0.5) is 0 Å². The van der Waals surface area contributed by atoms with Crippen LogP contribution < -0.4 is 0 Å². The van der Waals surface area contributed by atoms with Crippen LogP contribution in [0.3, 0.4) is 0 Å². The Kier molecular flexibility index (Phi) is 3.55. The summed E-state index contributed by atoms with van der Waals surface area (Å²) in [7, 11) is 0. The van der Waals surface area contributed by atoms with Gasteiger partial charge in [-0.05, 0) is 13.0 Å². The number of nitrogens with one attached hydrogen (secondary N) is 1. The van der Waals surface area contributed by atoms with Crippen LogP contribution in [0, 0.1) is 6.92 Å². The van der Waals surface area contributed by atoms with E-state index in [0.717, 1.165) is 5.56 Å². The molecule has 0 atom stereocenters. The van der Waals surface area contributed by atoms with Crippen molar-refractivity contribution in [3.63, 3.8) is 0 Å². The monoisotopic (exact) mass is 246 g/mol. The molecular weight excluding hydrogens is 232 g/mol. The molecule has 18 heavy (non-hydrogen) atoms. The highest BCUT2D eigenvalue weighted by atomic mass is 16.3. The van der Waals surface area contributed by atoms with E-state index in [4.69, 9.17) is 10.2 Å². The maximum absolute atomic E-state index is 12.1. The Morgan fingerprint density at radius 1 is 1.33 bits per heavy atom. The van der Waals surface area contributed by atoms with Crippen molar-refractivity contribution in [2.45, 2.75) is 20.1 Å². The number of nitrogens with zero attached hydrogens (tertiary/aromatic N) is 1. The molecule has 0 saturated heterocycles. The van der Waals surface area contributed by atoms with Crippen LogP contribution in [0.1, 0.15) is 33.1 Å². The van der Waals surface area contributed by atoms with Gasteiger partial charge in [-0.25, -0.2) is 4.98 Å². The van der Waals surface area contributed by atoms with Crippen molar-refractivity contribution in [2.75, 3.05) is 0 Å². The van der Waals surface area contributed by atoms with Crippen molar-refractivity contribution in [3.05, 3.63) is 52.6 Å². The number of carbonyl (C=O) groups excluding carboxylic acids is 1. The molecule has 0 saturated carbocycles. The molecule has 0 bridgehead atoms. The van der Waals surface area contributed by atoms with Crippen LogP contribution in [0.25, 0.3) is 0 Å². The van der Waals surface area contributed by atoms with Gasteiger partial charge in [0.2, 0.25) is 5.78 Å². The molecule has 5 heteroatoms. The molecule has 0 aliphatic heterocycles. The maximum atomic E-state index is 12.1. The Morgan fingerprint density at radius 2 is 2.11 bits per heavy atom. The summed E-state index contributed by atoms with van der Waals surface area (Å²) in [5.74, 6) is -0.123. The average Bonchev–Trinajstić information content (AvgIpc) is 2.81. The molecule has 0 spiro atoms. The SMILES string of the molecule is Cc1cccc(C(=O)c2nc(CO)c(CO)[nH]2)c1. The van der Waals surface area contributed by atoms with Crippen LogP contribution in [-0.4, -0.2) is 26.0 Å². The maximum Gasteiger partial charge on any atom is 0.228 e. The molecule has 0 radical (unpaired) electrons. The predicted molar refractivity (Wildman–Crippen MR) is 65.0 cm³/mol. The Bertz CT molecular complexity index is 554. The molecule has 0 unspecified atom stereocenters. The zero-order chi connectivity index (χ0) is 13.1. The van der Waals surface area contributed by atoms with Gasteiger partial charge in [0.15, 0.2) is 5.82 Å². The van der Waals surface area contributed by atoms with E-state index in [-0.39, 0.29) is 24.8 Å². The minimum absolute atomic E-state index is 0.133. The topological polar surface area (TPSA) is 86.2 Å². The van der Waals surface area contributed by atoms with Crippen molar-refractivity contribution in [2.24, 2.45) is 0 Å². The second-order valence-corrected chi connectivity index (χ2v) is 4.03. The number of hydrogen-bond acceptors (Lipinski definition) is 4. The molecule has 0 aliphatic carbocycles. The van der Waals surface area contributed by atoms with Crippen LogP contribution >= 0.6 is 0 Å². The van der Waals surface area contributed by atoms with Gasteiger partial charge in [-0.1, -0.05) is 23.8 Å². The Hall–Kier alpha value is -1.98. The molecular formula is C13H14N2O3. The van der Waals surface area contributed by atoms with Crippen molar-refractivity contribution < 1.29 is 15.0 Å².